The van der Waals surface area contributed by atoms with Crippen LogP contribution in [-0.2, 0) is 31.3 Å². The molecule has 2 N–H and O–H groups in total. The summed E-state index contributed by atoms with van der Waals surface area (Å²) >= 11 is 14.0. The second kappa shape index (κ2) is 16.6. The van der Waals surface area contributed by atoms with E-state index in [1.165, 1.54) is 12.3 Å². The van der Waals surface area contributed by atoms with Crippen LogP contribution in [-0.4, -0.2) is 69.4 Å². The summed E-state index contributed by atoms with van der Waals surface area (Å²) in [4.78, 5) is 18.4. The van der Waals surface area contributed by atoms with E-state index in [4.69, 9.17) is 11.6 Å². The highest BCUT2D eigenvalue weighted by Gasteiger charge is 2.32. The van der Waals surface area contributed by atoms with Gasteiger partial charge in [0.15, 0.2) is 0 Å². The molecule has 3 aromatic rings. The number of nitrogens with zero attached hydrogens (tertiary/aromatic N) is 3. The van der Waals surface area contributed by atoms with Crippen molar-refractivity contribution in [2.24, 2.45) is 11.8 Å². The van der Waals surface area contributed by atoms with Crippen molar-refractivity contribution in [2.45, 2.75) is 72.9 Å². The number of carbonyl (C=O) groups is 1. The highest BCUT2D eigenvalue weighted by atomic mass is 79.9. The van der Waals surface area contributed by atoms with E-state index in [1.54, 1.807) is 10.4 Å². The molecular formula is C32H39Br2ClN4O6S3. The molecule has 48 heavy (non-hydrogen) atoms. The number of benzene rings is 1. The van der Waals surface area contributed by atoms with Crippen LogP contribution in [0.4, 0.5) is 5.82 Å². The minimum atomic E-state index is -4.11. The van der Waals surface area contributed by atoms with Crippen molar-refractivity contribution in [3.05, 3.63) is 67.5 Å². The second-order valence-corrected chi connectivity index (χ2v) is 19.7. The van der Waals surface area contributed by atoms with Crippen LogP contribution in [0, 0.1) is 11.8 Å². The molecular weight excluding hydrogens is 828 g/mol. The van der Waals surface area contributed by atoms with Gasteiger partial charge in [0.2, 0.25) is 10.0 Å². The lowest BCUT2D eigenvalue weighted by molar-refractivity contribution is -0.139. The van der Waals surface area contributed by atoms with Crippen LogP contribution in [0.5, 0.6) is 0 Å². The molecule has 0 saturated carbocycles. The molecule has 16 heteroatoms. The quantitative estimate of drug-likeness (QED) is 0.174. The molecule has 2 saturated heterocycles. The number of hydrogen-bond donors (Lipinski definition) is 2. The molecule has 0 amide bonds. The predicted octanol–water partition coefficient (Wildman–Crippen LogP) is 7.17. The summed E-state index contributed by atoms with van der Waals surface area (Å²) in [5.41, 5.74) is 0.932. The first-order chi connectivity index (χ1) is 22.8. The van der Waals surface area contributed by atoms with Crippen molar-refractivity contribution in [3.63, 3.8) is 0 Å². The van der Waals surface area contributed by atoms with Crippen molar-refractivity contribution < 1.29 is 26.7 Å². The molecule has 10 nitrogen and oxygen atoms in total. The van der Waals surface area contributed by atoms with E-state index in [9.17, 15) is 26.7 Å². The van der Waals surface area contributed by atoms with Crippen LogP contribution < -0.4 is 9.62 Å². The molecule has 0 bridgehead atoms. The van der Waals surface area contributed by atoms with Crippen molar-refractivity contribution in [3.8, 4) is 0 Å². The number of nitrogens with one attached hydrogen (secondary N) is 1. The average Bonchev–Trinajstić information content (AvgIpc) is 3.42. The largest absolute Gasteiger partial charge is 0.480 e. The van der Waals surface area contributed by atoms with E-state index >= 15 is 0 Å². The van der Waals surface area contributed by atoms with Gasteiger partial charge >= 0.3 is 5.97 Å². The zero-order valence-corrected chi connectivity index (χ0v) is 32.6. The highest BCUT2D eigenvalue weighted by Crippen LogP contribution is 2.37. The lowest BCUT2D eigenvalue weighted by Crippen LogP contribution is -2.41. The number of rotatable bonds is 14. The van der Waals surface area contributed by atoms with Crippen molar-refractivity contribution in [1.29, 1.82) is 0 Å². The Morgan fingerprint density at radius 2 is 1.60 bits per heavy atom. The van der Waals surface area contributed by atoms with E-state index in [-0.39, 0.29) is 15.5 Å². The standard InChI is InChI=1S/C32H39Br2ClN4O6S3/c33-26-20-29(46-30(26)35)48(44,45)39-17-13-24(14-18-39)8-4-7-23-11-15-38(16-12-23)31-27(34)19-25(21-36-31)47(42,43)37-28(32(40)41)10-9-22-5-2-1-3-6-22/h1-3,5-6,19-21,23-24,28,37H,4,7-18H2,(H,40,41). The lowest BCUT2D eigenvalue weighted by atomic mass is 9.87. The summed E-state index contributed by atoms with van der Waals surface area (Å²) in [5, 5.41) is 9.67. The SMILES string of the molecule is O=C(O)C(CCc1ccccc1)NS(=O)(=O)c1cnc(N2CCC(CCCC3CCN(S(=O)(=O)c4cc(Br)c(Cl)s4)CC3)CC2)c(Br)c1. The number of aromatic nitrogens is 1. The maximum absolute atomic E-state index is 13.1. The molecule has 0 radical (unpaired) electrons. The number of carboxylic acid groups (broad SMARTS) is 1. The molecule has 0 spiro atoms. The van der Waals surface area contributed by atoms with Gasteiger partial charge < -0.3 is 10.0 Å². The number of anilines is 1. The summed E-state index contributed by atoms with van der Waals surface area (Å²) in [6.45, 7) is 2.68. The van der Waals surface area contributed by atoms with Gasteiger partial charge in [0.25, 0.3) is 10.0 Å². The third kappa shape index (κ3) is 9.59. The maximum atomic E-state index is 13.1. The summed E-state index contributed by atoms with van der Waals surface area (Å²) < 4.78 is 58.0. The zero-order chi connectivity index (χ0) is 34.5. The average molecular weight is 867 g/mol. The summed E-state index contributed by atoms with van der Waals surface area (Å²) in [6.07, 6.45) is 8.90. The highest BCUT2D eigenvalue weighted by molar-refractivity contribution is 9.11. The molecule has 2 fully saturated rings. The Morgan fingerprint density at radius 1 is 0.979 bits per heavy atom. The molecule has 0 aliphatic carbocycles. The Bertz CT molecular complexity index is 1760. The smallest absolute Gasteiger partial charge is 0.321 e. The number of halogens is 3. The summed E-state index contributed by atoms with van der Waals surface area (Å²) in [6, 6.07) is 11.1. The van der Waals surface area contributed by atoms with Crippen LogP contribution in [0.3, 0.4) is 0 Å². The third-order valence-electron chi connectivity index (χ3n) is 9.20. The van der Waals surface area contributed by atoms with Gasteiger partial charge in [-0.2, -0.15) is 9.03 Å². The lowest BCUT2D eigenvalue weighted by Gasteiger charge is -2.34. The minimum Gasteiger partial charge on any atom is -0.480 e. The van der Waals surface area contributed by atoms with Gasteiger partial charge in [-0.3, -0.25) is 4.79 Å². The van der Waals surface area contributed by atoms with Gasteiger partial charge in [-0.15, -0.1) is 11.3 Å². The van der Waals surface area contributed by atoms with E-state index in [0.29, 0.717) is 50.4 Å². The fourth-order valence-corrected chi connectivity index (χ4v) is 12.3. The van der Waals surface area contributed by atoms with Gasteiger partial charge in [-0.05, 0) is 99.9 Å². The summed E-state index contributed by atoms with van der Waals surface area (Å²) in [7, 11) is -7.63. The number of thiophene rings is 1. The number of piperidine rings is 2. The molecule has 2 aliphatic rings. The number of sulfonamides is 2. The monoisotopic (exact) mass is 864 g/mol. The molecule has 2 aromatic heterocycles. The second-order valence-electron chi connectivity index (χ2n) is 12.4. The van der Waals surface area contributed by atoms with Crippen molar-refractivity contribution >= 4 is 86.6 Å². The van der Waals surface area contributed by atoms with Crippen molar-refractivity contribution in [1.82, 2.24) is 14.0 Å². The Labute approximate surface area is 308 Å². The topological polar surface area (TPSA) is 137 Å². The first-order valence-corrected chi connectivity index (χ1v) is 21.7. The van der Waals surface area contributed by atoms with Crippen LogP contribution in [0.1, 0.15) is 56.9 Å². The number of carboxylic acids is 1. The van der Waals surface area contributed by atoms with E-state index in [0.717, 1.165) is 74.9 Å². The Hall–Kier alpha value is -1.59. The molecule has 2 aliphatic heterocycles. The molecule has 1 atom stereocenters. The fourth-order valence-electron chi connectivity index (χ4n) is 6.38. The molecule has 1 unspecified atom stereocenters. The van der Waals surface area contributed by atoms with E-state index in [1.807, 2.05) is 30.3 Å². The molecule has 5 rings (SSSR count). The molecule has 262 valence electrons. The Morgan fingerprint density at radius 3 is 2.17 bits per heavy atom. The molecule has 4 heterocycles. The predicted molar refractivity (Wildman–Crippen MR) is 196 cm³/mol. The third-order valence-corrected chi connectivity index (χ3v) is 16.0. The van der Waals surface area contributed by atoms with Crippen LogP contribution >= 0.6 is 54.8 Å². The maximum Gasteiger partial charge on any atom is 0.321 e. The van der Waals surface area contributed by atoms with E-state index < -0.39 is 32.1 Å². The van der Waals surface area contributed by atoms with Gasteiger partial charge in [-0.1, -0.05) is 61.2 Å². The van der Waals surface area contributed by atoms with Gasteiger partial charge in [0, 0.05) is 36.8 Å². The Balaban J connectivity index is 1.05. The number of aryl methyl sites for hydroxylation is 1. The molecule has 1 aromatic carbocycles. The normalized spacial score (nSPS) is 17.9. The Kier molecular flexibility index (Phi) is 13.0. The number of hydrogen-bond acceptors (Lipinski definition) is 8. The van der Waals surface area contributed by atoms with Crippen molar-refractivity contribution in [2.75, 3.05) is 31.1 Å². The van der Waals surface area contributed by atoms with E-state index in [2.05, 4.69) is 46.5 Å². The number of pyridine rings is 1. The van der Waals surface area contributed by atoms with Gasteiger partial charge in [-0.25, -0.2) is 21.8 Å². The van der Waals surface area contributed by atoms with Crippen LogP contribution in [0.15, 0.2) is 66.7 Å². The first-order valence-electron chi connectivity index (χ1n) is 16.0. The zero-order valence-electron chi connectivity index (χ0n) is 26.2. The minimum absolute atomic E-state index is 0.0913. The van der Waals surface area contributed by atoms with Crippen LogP contribution in [0.2, 0.25) is 4.34 Å². The van der Waals surface area contributed by atoms with Crippen LogP contribution in [0.25, 0.3) is 0 Å². The van der Waals surface area contributed by atoms with Gasteiger partial charge in [0.1, 0.15) is 25.3 Å². The fraction of sp³-hybridized carbons (Fsp3) is 0.500. The van der Waals surface area contributed by atoms with Gasteiger partial charge in [0.05, 0.1) is 4.47 Å². The summed E-state index contributed by atoms with van der Waals surface area (Å²) in [5.74, 6) is 0.557. The first kappa shape index (κ1) is 37.7. The number of aliphatic carboxylic acids is 1.